The number of ether oxygens (including phenoxy) is 1. The maximum absolute atomic E-state index is 10.9. The molecule has 0 saturated carbocycles. The number of hydrogen-bond donors (Lipinski definition) is 1. The van der Waals surface area contributed by atoms with Crippen LogP contribution in [0.5, 0.6) is 5.75 Å². The van der Waals surface area contributed by atoms with E-state index in [2.05, 4.69) is 5.32 Å². The molecular weight excluding hydrogens is 260 g/mol. The van der Waals surface area contributed by atoms with Crippen LogP contribution in [0, 0.1) is 17.0 Å². The first-order chi connectivity index (χ1) is 9.49. The van der Waals surface area contributed by atoms with E-state index < -0.39 is 4.92 Å². The average molecular weight is 276 g/mol. The van der Waals surface area contributed by atoms with E-state index in [4.69, 9.17) is 9.15 Å². The Hall–Kier alpha value is -2.50. The van der Waals surface area contributed by atoms with Crippen LogP contribution in [0.25, 0.3) is 0 Å². The standard InChI is InChI=1S/C14H16N2O4/c1-9-4-5-14(20-9)10(2)15-11-6-12(16(17)18)8-13(7-11)19-3/h4-8,10,15H,1-3H3. The van der Waals surface area contributed by atoms with Crippen molar-refractivity contribution in [1.29, 1.82) is 0 Å². The minimum Gasteiger partial charge on any atom is -0.496 e. The summed E-state index contributed by atoms with van der Waals surface area (Å²) in [7, 11) is 1.47. The monoisotopic (exact) mass is 276 g/mol. The molecule has 0 spiro atoms. The first kappa shape index (κ1) is 13.9. The zero-order chi connectivity index (χ0) is 14.7. The maximum Gasteiger partial charge on any atom is 0.275 e. The lowest BCUT2D eigenvalue weighted by Crippen LogP contribution is -2.06. The summed E-state index contributed by atoms with van der Waals surface area (Å²) in [4.78, 5) is 10.4. The van der Waals surface area contributed by atoms with Crippen LogP contribution < -0.4 is 10.1 Å². The summed E-state index contributed by atoms with van der Waals surface area (Å²) < 4.78 is 10.6. The molecule has 1 aromatic carbocycles. The number of methoxy groups -OCH3 is 1. The molecule has 0 aliphatic carbocycles. The van der Waals surface area contributed by atoms with Crippen molar-refractivity contribution >= 4 is 11.4 Å². The molecule has 0 bridgehead atoms. The van der Waals surface area contributed by atoms with Gasteiger partial charge in [-0.1, -0.05) is 0 Å². The van der Waals surface area contributed by atoms with Gasteiger partial charge in [-0.05, 0) is 26.0 Å². The summed E-state index contributed by atoms with van der Waals surface area (Å²) in [6, 6.07) is 8.21. The molecule has 20 heavy (non-hydrogen) atoms. The molecule has 1 aromatic heterocycles. The third kappa shape index (κ3) is 3.09. The number of nitrogens with one attached hydrogen (secondary N) is 1. The molecule has 0 saturated heterocycles. The Morgan fingerprint density at radius 2 is 2.10 bits per heavy atom. The van der Waals surface area contributed by atoms with Crippen molar-refractivity contribution in [2.45, 2.75) is 19.9 Å². The van der Waals surface area contributed by atoms with Crippen LogP contribution in [0.4, 0.5) is 11.4 Å². The summed E-state index contributed by atoms with van der Waals surface area (Å²) in [5.41, 5.74) is 0.590. The van der Waals surface area contributed by atoms with Crippen LogP contribution in [-0.4, -0.2) is 12.0 Å². The second kappa shape index (κ2) is 5.64. The highest BCUT2D eigenvalue weighted by Gasteiger charge is 2.14. The fourth-order valence-electron chi connectivity index (χ4n) is 1.90. The highest BCUT2D eigenvalue weighted by molar-refractivity contribution is 5.57. The molecule has 2 aromatic rings. The van der Waals surface area contributed by atoms with Crippen LogP contribution >= 0.6 is 0 Å². The van der Waals surface area contributed by atoms with E-state index in [0.717, 1.165) is 11.5 Å². The first-order valence-electron chi connectivity index (χ1n) is 6.16. The molecule has 106 valence electrons. The van der Waals surface area contributed by atoms with Crippen LogP contribution in [-0.2, 0) is 0 Å². The van der Waals surface area contributed by atoms with Gasteiger partial charge < -0.3 is 14.5 Å². The predicted molar refractivity (Wildman–Crippen MR) is 75.1 cm³/mol. The van der Waals surface area contributed by atoms with E-state index in [1.54, 1.807) is 6.07 Å². The normalized spacial score (nSPS) is 11.9. The topological polar surface area (TPSA) is 77.5 Å². The van der Waals surface area contributed by atoms with E-state index in [1.807, 2.05) is 26.0 Å². The summed E-state index contributed by atoms with van der Waals surface area (Å²) in [5.74, 6) is 2.03. The molecule has 0 fully saturated rings. The summed E-state index contributed by atoms with van der Waals surface area (Å²) in [6.45, 7) is 3.79. The van der Waals surface area contributed by atoms with E-state index in [-0.39, 0.29) is 11.7 Å². The fourth-order valence-corrected chi connectivity index (χ4v) is 1.90. The molecule has 1 N–H and O–H groups in total. The van der Waals surface area contributed by atoms with Crippen molar-refractivity contribution in [3.05, 3.63) is 52.0 Å². The number of anilines is 1. The number of aryl methyl sites for hydroxylation is 1. The van der Waals surface area contributed by atoms with Gasteiger partial charge in [0.25, 0.3) is 5.69 Å². The number of hydrogen-bond acceptors (Lipinski definition) is 5. The minimum absolute atomic E-state index is 0.0188. The molecule has 0 amide bonds. The van der Waals surface area contributed by atoms with Gasteiger partial charge in [-0.15, -0.1) is 0 Å². The van der Waals surface area contributed by atoms with Crippen LogP contribution in [0.15, 0.2) is 34.7 Å². The Balaban J connectivity index is 2.24. The second-order valence-electron chi connectivity index (χ2n) is 4.49. The molecule has 1 unspecified atom stereocenters. The number of benzene rings is 1. The van der Waals surface area contributed by atoms with Gasteiger partial charge in [-0.25, -0.2) is 0 Å². The Kier molecular flexibility index (Phi) is 3.93. The van der Waals surface area contributed by atoms with Gasteiger partial charge in [-0.2, -0.15) is 0 Å². The van der Waals surface area contributed by atoms with Gasteiger partial charge >= 0.3 is 0 Å². The quantitative estimate of drug-likeness (QED) is 0.665. The van der Waals surface area contributed by atoms with Crippen LogP contribution in [0.2, 0.25) is 0 Å². The van der Waals surface area contributed by atoms with Crippen molar-refractivity contribution in [2.24, 2.45) is 0 Å². The van der Waals surface area contributed by atoms with E-state index in [1.165, 1.54) is 19.2 Å². The molecule has 0 aliphatic heterocycles. The summed E-state index contributed by atoms with van der Waals surface area (Å²) >= 11 is 0. The Labute approximate surface area is 116 Å². The number of furan rings is 1. The number of nitro benzene ring substituents is 1. The van der Waals surface area contributed by atoms with Gasteiger partial charge in [-0.3, -0.25) is 10.1 Å². The Morgan fingerprint density at radius 1 is 1.35 bits per heavy atom. The highest BCUT2D eigenvalue weighted by atomic mass is 16.6. The smallest absolute Gasteiger partial charge is 0.275 e. The zero-order valence-corrected chi connectivity index (χ0v) is 11.5. The van der Waals surface area contributed by atoms with Crippen molar-refractivity contribution in [3.63, 3.8) is 0 Å². The molecule has 2 rings (SSSR count). The molecular formula is C14H16N2O4. The molecule has 1 atom stereocenters. The fraction of sp³-hybridized carbons (Fsp3) is 0.286. The average Bonchev–Trinajstić information content (AvgIpc) is 2.85. The van der Waals surface area contributed by atoms with E-state index in [0.29, 0.717) is 11.4 Å². The number of nitrogens with zero attached hydrogens (tertiary/aromatic N) is 1. The largest absolute Gasteiger partial charge is 0.496 e. The molecule has 0 radical (unpaired) electrons. The third-order valence-corrected chi connectivity index (χ3v) is 2.91. The highest BCUT2D eigenvalue weighted by Crippen LogP contribution is 2.28. The Morgan fingerprint density at radius 3 is 2.65 bits per heavy atom. The SMILES string of the molecule is COc1cc(NC(C)c2ccc(C)o2)cc([N+](=O)[O-])c1. The second-order valence-corrected chi connectivity index (χ2v) is 4.49. The molecule has 0 aliphatic rings. The molecule has 6 nitrogen and oxygen atoms in total. The minimum atomic E-state index is -0.449. The van der Waals surface area contributed by atoms with Gasteiger partial charge in [0.1, 0.15) is 17.3 Å². The molecule has 6 heteroatoms. The van der Waals surface area contributed by atoms with Gasteiger partial charge in [0, 0.05) is 17.8 Å². The van der Waals surface area contributed by atoms with E-state index in [9.17, 15) is 10.1 Å². The van der Waals surface area contributed by atoms with Crippen molar-refractivity contribution in [1.82, 2.24) is 0 Å². The molecule has 1 heterocycles. The number of nitro groups is 1. The zero-order valence-electron chi connectivity index (χ0n) is 11.5. The van der Waals surface area contributed by atoms with Gasteiger partial charge in [0.05, 0.1) is 24.1 Å². The van der Waals surface area contributed by atoms with Gasteiger partial charge in [0.15, 0.2) is 0 Å². The lowest BCUT2D eigenvalue weighted by atomic mass is 10.2. The lowest BCUT2D eigenvalue weighted by molar-refractivity contribution is -0.384. The lowest BCUT2D eigenvalue weighted by Gasteiger charge is -2.13. The van der Waals surface area contributed by atoms with Crippen molar-refractivity contribution in [2.75, 3.05) is 12.4 Å². The van der Waals surface area contributed by atoms with E-state index >= 15 is 0 Å². The van der Waals surface area contributed by atoms with Crippen molar-refractivity contribution < 1.29 is 14.1 Å². The summed E-state index contributed by atoms with van der Waals surface area (Å²) in [6.07, 6.45) is 0. The third-order valence-electron chi connectivity index (χ3n) is 2.91. The first-order valence-corrected chi connectivity index (χ1v) is 6.16. The Bertz CT molecular complexity index is 621. The summed E-state index contributed by atoms with van der Waals surface area (Å²) in [5, 5.41) is 14.0. The predicted octanol–water partition coefficient (Wildman–Crippen LogP) is 3.68. The van der Waals surface area contributed by atoms with Crippen LogP contribution in [0.3, 0.4) is 0 Å². The number of rotatable bonds is 5. The van der Waals surface area contributed by atoms with Crippen LogP contribution in [0.1, 0.15) is 24.5 Å². The number of non-ortho nitro benzene ring substituents is 1. The maximum atomic E-state index is 10.9. The van der Waals surface area contributed by atoms with Crippen molar-refractivity contribution in [3.8, 4) is 5.75 Å². The van der Waals surface area contributed by atoms with Gasteiger partial charge in [0.2, 0.25) is 0 Å².